The number of hydrogen-bond acceptors (Lipinski definition) is 3. The molecule has 0 fully saturated rings. The van der Waals surface area contributed by atoms with E-state index >= 15 is 0 Å². The minimum atomic E-state index is -0.653. The van der Waals surface area contributed by atoms with Gasteiger partial charge in [0, 0.05) is 5.41 Å². The van der Waals surface area contributed by atoms with Crippen LogP contribution in [0.4, 0.5) is 0 Å². The van der Waals surface area contributed by atoms with Crippen LogP contribution in [0.1, 0.15) is 55.4 Å². The fourth-order valence-corrected chi connectivity index (χ4v) is 1.07. The summed E-state index contributed by atoms with van der Waals surface area (Å²) in [6.07, 6.45) is 0. The van der Waals surface area contributed by atoms with Crippen LogP contribution in [0.15, 0.2) is 0 Å². The van der Waals surface area contributed by atoms with Crippen molar-refractivity contribution in [1.29, 1.82) is 0 Å². The zero-order valence-corrected chi connectivity index (χ0v) is 12.4. The second-order valence-corrected chi connectivity index (χ2v) is 6.65. The standard InChI is InChI=1S/C14H26O3/c1-10(15)13(5,6)14(7,8)17-9-11(16)12(2,3)4/h9H2,1-8H3. The van der Waals surface area contributed by atoms with E-state index in [2.05, 4.69) is 0 Å². The van der Waals surface area contributed by atoms with E-state index in [0.717, 1.165) is 0 Å². The van der Waals surface area contributed by atoms with Gasteiger partial charge >= 0.3 is 0 Å². The number of carbonyl (C=O) groups excluding carboxylic acids is 2. The number of carbonyl (C=O) groups is 2. The van der Waals surface area contributed by atoms with Gasteiger partial charge in [0.1, 0.15) is 12.4 Å². The second-order valence-electron chi connectivity index (χ2n) is 6.65. The van der Waals surface area contributed by atoms with Crippen molar-refractivity contribution in [3.63, 3.8) is 0 Å². The molecule has 0 heterocycles. The topological polar surface area (TPSA) is 43.4 Å². The molecule has 0 aromatic carbocycles. The Morgan fingerprint density at radius 2 is 1.35 bits per heavy atom. The van der Waals surface area contributed by atoms with Gasteiger partial charge in [-0.2, -0.15) is 0 Å². The van der Waals surface area contributed by atoms with E-state index in [1.54, 1.807) is 6.92 Å². The maximum atomic E-state index is 11.8. The lowest BCUT2D eigenvalue weighted by atomic mass is 9.74. The third-order valence-corrected chi connectivity index (χ3v) is 3.79. The second kappa shape index (κ2) is 4.89. The van der Waals surface area contributed by atoms with Gasteiger partial charge in [-0.05, 0) is 20.8 Å². The molecule has 0 aliphatic rings. The van der Waals surface area contributed by atoms with Crippen molar-refractivity contribution in [1.82, 2.24) is 0 Å². The molecule has 0 aliphatic heterocycles. The van der Waals surface area contributed by atoms with Crippen molar-refractivity contribution >= 4 is 11.6 Å². The fraction of sp³-hybridized carbons (Fsp3) is 0.857. The molecule has 0 saturated heterocycles. The predicted octanol–water partition coefficient (Wildman–Crippen LogP) is 3.01. The highest BCUT2D eigenvalue weighted by Gasteiger charge is 2.42. The molecule has 0 spiro atoms. The molecule has 0 atom stereocenters. The van der Waals surface area contributed by atoms with Crippen LogP contribution in [0, 0.1) is 10.8 Å². The zero-order chi connectivity index (χ0) is 14.1. The number of hydrogen-bond donors (Lipinski definition) is 0. The van der Waals surface area contributed by atoms with Crippen LogP contribution in [-0.4, -0.2) is 23.8 Å². The SMILES string of the molecule is CC(=O)C(C)(C)C(C)(C)OCC(=O)C(C)(C)C. The molecule has 17 heavy (non-hydrogen) atoms. The average molecular weight is 242 g/mol. The van der Waals surface area contributed by atoms with E-state index in [4.69, 9.17) is 4.74 Å². The first kappa shape index (κ1) is 16.3. The lowest BCUT2D eigenvalue weighted by Crippen LogP contribution is -2.47. The highest BCUT2D eigenvalue weighted by atomic mass is 16.5. The van der Waals surface area contributed by atoms with Gasteiger partial charge in [0.25, 0.3) is 0 Å². The molecule has 0 bridgehead atoms. The summed E-state index contributed by atoms with van der Waals surface area (Å²) in [5.41, 5.74) is -1.67. The molecular formula is C14H26O3. The largest absolute Gasteiger partial charge is 0.367 e. The minimum absolute atomic E-state index is 0.0462. The van der Waals surface area contributed by atoms with Crippen LogP contribution >= 0.6 is 0 Å². The minimum Gasteiger partial charge on any atom is -0.367 e. The lowest BCUT2D eigenvalue weighted by molar-refractivity contribution is -0.156. The summed E-state index contributed by atoms with van der Waals surface area (Å²) in [7, 11) is 0. The molecular weight excluding hydrogens is 216 g/mol. The Morgan fingerprint density at radius 3 is 1.65 bits per heavy atom. The lowest BCUT2D eigenvalue weighted by Gasteiger charge is -2.39. The Morgan fingerprint density at radius 1 is 0.941 bits per heavy atom. The summed E-state index contributed by atoms with van der Waals surface area (Å²) in [6, 6.07) is 0. The Labute approximate surface area is 105 Å². The molecule has 0 aromatic heterocycles. The number of rotatable bonds is 5. The summed E-state index contributed by atoms with van der Waals surface area (Å²) in [5.74, 6) is 0.107. The summed E-state index contributed by atoms with van der Waals surface area (Å²) in [6.45, 7) is 14.6. The molecule has 0 rings (SSSR count). The molecule has 0 aliphatic carbocycles. The van der Waals surface area contributed by atoms with Crippen LogP contribution in [0.2, 0.25) is 0 Å². The van der Waals surface area contributed by atoms with E-state index in [1.165, 1.54) is 0 Å². The molecule has 0 saturated carbocycles. The highest BCUT2D eigenvalue weighted by molar-refractivity contribution is 5.85. The first-order chi connectivity index (χ1) is 7.32. The predicted molar refractivity (Wildman–Crippen MR) is 69.0 cm³/mol. The van der Waals surface area contributed by atoms with Crippen LogP contribution in [0.3, 0.4) is 0 Å². The van der Waals surface area contributed by atoms with Crippen molar-refractivity contribution < 1.29 is 14.3 Å². The Hall–Kier alpha value is -0.700. The maximum absolute atomic E-state index is 11.8. The Balaban J connectivity index is 4.69. The average Bonchev–Trinajstić information content (AvgIpc) is 2.12. The maximum Gasteiger partial charge on any atom is 0.163 e. The highest BCUT2D eigenvalue weighted by Crippen LogP contribution is 2.35. The molecule has 0 radical (unpaired) electrons. The van der Waals surface area contributed by atoms with E-state index in [1.807, 2.05) is 48.5 Å². The monoisotopic (exact) mass is 242 g/mol. The van der Waals surface area contributed by atoms with Gasteiger partial charge in [-0.15, -0.1) is 0 Å². The van der Waals surface area contributed by atoms with Crippen LogP contribution in [0.25, 0.3) is 0 Å². The first-order valence-corrected chi connectivity index (χ1v) is 6.00. The smallest absolute Gasteiger partial charge is 0.163 e. The van der Waals surface area contributed by atoms with Gasteiger partial charge in [0.2, 0.25) is 0 Å². The Bertz CT molecular complexity index is 306. The first-order valence-electron chi connectivity index (χ1n) is 6.00. The molecule has 0 unspecified atom stereocenters. The fourth-order valence-electron chi connectivity index (χ4n) is 1.07. The van der Waals surface area contributed by atoms with Crippen molar-refractivity contribution in [3.05, 3.63) is 0 Å². The van der Waals surface area contributed by atoms with E-state index in [-0.39, 0.29) is 18.2 Å². The molecule has 0 N–H and O–H groups in total. The van der Waals surface area contributed by atoms with Gasteiger partial charge in [-0.1, -0.05) is 34.6 Å². The quantitative estimate of drug-likeness (QED) is 0.744. The van der Waals surface area contributed by atoms with Gasteiger partial charge < -0.3 is 4.74 Å². The van der Waals surface area contributed by atoms with Crippen LogP contribution in [-0.2, 0) is 14.3 Å². The van der Waals surface area contributed by atoms with Gasteiger partial charge in [-0.25, -0.2) is 0 Å². The third kappa shape index (κ3) is 3.91. The van der Waals surface area contributed by atoms with Gasteiger partial charge in [-0.3, -0.25) is 9.59 Å². The number of ketones is 2. The van der Waals surface area contributed by atoms with Crippen molar-refractivity contribution in [2.24, 2.45) is 10.8 Å². The molecule has 100 valence electrons. The summed E-state index contributed by atoms with van der Waals surface area (Å²) < 4.78 is 5.67. The van der Waals surface area contributed by atoms with Crippen molar-refractivity contribution in [3.8, 4) is 0 Å². The molecule has 0 amide bonds. The number of Topliss-reactive ketones (excluding diaryl/α,β-unsaturated/α-hetero) is 2. The zero-order valence-electron chi connectivity index (χ0n) is 12.4. The molecule has 0 aromatic rings. The normalized spacial score (nSPS) is 13.6. The molecule has 3 nitrogen and oxygen atoms in total. The van der Waals surface area contributed by atoms with E-state index < -0.39 is 16.4 Å². The van der Waals surface area contributed by atoms with E-state index in [0.29, 0.717) is 0 Å². The van der Waals surface area contributed by atoms with Gasteiger partial charge in [0.15, 0.2) is 5.78 Å². The van der Waals surface area contributed by atoms with E-state index in [9.17, 15) is 9.59 Å². The van der Waals surface area contributed by atoms with Crippen LogP contribution in [0.5, 0.6) is 0 Å². The van der Waals surface area contributed by atoms with Crippen molar-refractivity contribution in [2.45, 2.75) is 61.0 Å². The third-order valence-electron chi connectivity index (χ3n) is 3.79. The summed E-state index contributed by atoms with van der Waals surface area (Å²) in [5, 5.41) is 0. The van der Waals surface area contributed by atoms with Crippen LogP contribution < -0.4 is 0 Å². The summed E-state index contributed by atoms with van der Waals surface area (Å²) in [4.78, 5) is 23.4. The van der Waals surface area contributed by atoms with Crippen molar-refractivity contribution in [2.75, 3.05) is 6.61 Å². The van der Waals surface area contributed by atoms with Gasteiger partial charge in [0.05, 0.1) is 11.0 Å². The molecule has 3 heteroatoms. The number of ether oxygens (including phenoxy) is 1. The Kier molecular flexibility index (Phi) is 4.69. The summed E-state index contributed by atoms with van der Waals surface area (Å²) >= 11 is 0.